The van der Waals surface area contributed by atoms with Crippen LogP contribution in [0.1, 0.15) is 18.1 Å². The van der Waals surface area contributed by atoms with Crippen LogP contribution in [-0.2, 0) is 11.2 Å². The fourth-order valence-corrected chi connectivity index (χ4v) is 1.17. The van der Waals surface area contributed by atoms with E-state index in [0.29, 0.717) is 0 Å². The van der Waals surface area contributed by atoms with Crippen LogP contribution < -0.4 is 5.73 Å². The topological polar surface area (TPSA) is 35.2 Å². The zero-order chi connectivity index (χ0) is 11.1. The molecule has 0 aliphatic rings. The van der Waals surface area contributed by atoms with E-state index >= 15 is 0 Å². The molecule has 0 radical (unpaired) electrons. The highest BCUT2D eigenvalue weighted by molar-refractivity contribution is 5.36. The van der Waals surface area contributed by atoms with Gasteiger partial charge in [-0.05, 0) is 31.0 Å². The Morgan fingerprint density at radius 1 is 1.33 bits per heavy atom. The Kier molecular flexibility index (Phi) is 4.89. The minimum absolute atomic E-state index is 0.0711. The summed E-state index contributed by atoms with van der Waals surface area (Å²) < 4.78 is 5.01. The van der Waals surface area contributed by atoms with Crippen LogP contribution in [0.2, 0.25) is 0 Å². The Morgan fingerprint density at radius 3 is 2.53 bits per heavy atom. The molecule has 1 aromatic carbocycles. The largest absolute Gasteiger partial charge is 0.384 e. The van der Waals surface area contributed by atoms with E-state index in [-0.39, 0.29) is 6.04 Å². The first-order chi connectivity index (χ1) is 7.22. The van der Waals surface area contributed by atoms with Crippen LogP contribution in [-0.4, -0.2) is 19.8 Å². The average molecular weight is 203 g/mol. The Labute approximate surface area is 91.4 Å². The van der Waals surface area contributed by atoms with Gasteiger partial charge in [0, 0.05) is 12.7 Å². The molecule has 0 aliphatic heterocycles. The molecule has 80 valence electrons. The standard InChI is InChI=1S/C13H17NO/c1-11(14)3-4-12-5-7-13(8-6-12)9-10-15-2/h5-8,11H,9-10,14H2,1-2H3. The molecule has 0 amide bonds. The van der Waals surface area contributed by atoms with Gasteiger partial charge in [-0.1, -0.05) is 24.0 Å². The first kappa shape index (κ1) is 11.8. The molecular formula is C13H17NO. The van der Waals surface area contributed by atoms with Crippen LogP contribution in [0.4, 0.5) is 0 Å². The maximum absolute atomic E-state index is 5.55. The fraction of sp³-hybridized carbons (Fsp3) is 0.385. The van der Waals surface area contributed by atoms with Gasteiger partial charge in [-0.25, -0.2) is 0 Å². The molecule has 0 aliphatic carbocycles. The van der Waals surface area contributed by atoms with Crippen LogP contribution in [0.25, 0.3) is 0 Å². The van der Waals surface area contributed by atoms with Gasteiger partial charge < -0.3 is 10.5 Å². The lowest BCUT2D eigenvalue weighted by atomic mass is 10.1. The summed E-state index contributed by atoms with van der Waals surface area (Å²) in [6, 6.07) is 8.10. The zero-order valence-corrected chi connectivity index (χ0v) is 9.29. The molecule has 2 N–H and O–H groups in total. The van der Waals surface area contributed by atoms with Crippen LogP contribution >= 0.6 is 0 Å². The minimum Gasteiger partial charge on any atom is -0.384 e. The Morgan fingerprint density at radius 2 is 2.00 bits per heavy atom. The molecule has 0 spiro atoms. The third kappa shape index (κ3) is 4.64. The van der Waals surface area contributed by atoms with E-state index < -0.39 is 0 Å². The summed E-state index contributed by atoms with van der Waals surface area (Å²) in [6.45, 7) is 2.63. The monoisotopic (exact) mass is 203 g/mol. The Balaban J connectivity index is 2.61. The van der Waals surface area contributed by atoms with Gasteiger partial charge in [0.15, 0.2) is 0 Å². The van der Waals surface area contributed by atoms with Gasteiger partial charge in [-0.15, -0.1) is 0 Å². The maximum atomic E-state index is 5.55. The second-order valence-electron chi connectivity index (χ2n) is 3.50. The van der Waals surface area contributed by atoms with Crippen LogP contribution in [0, 0.1) is 11.8 Å². The van der Waals surface area contributed by atoms with Crippen molar-refractivity contribution in [3.05, 3.63) is 35.4 Å². The van der Waals surface area contributed by atoms with Crippen LogP contribution in [0.3, 0.4) is 0 Å². The number of hydrogen-bond acceptors (Lipinski definition) is 2. The molecule has 1 aromatic rings. The summed E-state index contributed by atoms with van der Waals surface area (Å²) in [7, 11) is 1.71. The molecule has 2 nitrogen and oxygen atoms in total. The van der Waals surface area contributed by atoms with Crippen molar-refractivity contribution in [2.45, 2.75) is 19.4 Å². The minimum atomic E-state index is -0.0711. The second-order valence-corrected chi connectivity index (χ2v) is 3.50. The highest BCUT2D eigenvalue weighted by atomic mass is 16.5. The van der Waals surface area contributed by atoms with Crippen molar-refractivity contribution in [1.29, 1.82) is 0 Å². The van der Waals surface area contributed by atoms with Crippen LogP contribution in [0.5, 0.6) is 0 Å². The molecule has 0 fully saturated rings. The van der Waals surface area contributed by atoms with Crippen molar-refractivity contribution in [3.63, 3.8) is 0 Å². The third-order valence-electron chi connectivity index (χ3n) is 1.99. The summed E-state index contributed by atoms with van der Waals surface area (Å²) in [4.78, 5) is 0. The molecule has 0 heterocycles. The molecule has 0 bridgehead atoms. The number of ether oxygens (including phenoxy) is 1. The van der Waals surface area contributed by atoms with Gasteiger partial charge in [0.2, 0.25) is 0 Å². The van der Waals surface area contributed by atoms with E-state index in [9.17, 15) is 0 Å². The van der Waals surface area contributed by atoms with Gasteiger partial charge in [-0.3, -0.25) is 0 Å². The highest BCUT2D eigenvalue weighted by Crippen LogP contribution is 2.04. The van der Waals surface area contributed by atoms with Crippen molar-refractivity contribution >= 4 is 0 Å². The summed E-state index contributed by atoms with van der Waals surface area (Å²) in [5, 5.41) is 0. The quantitative estimate of drug-likeness (QED) is 0.757. The van der Waals surface area contributed by atoms with E-state index in [1.165, 1.54) is 5.56 Å². The van der Waals surface area contributed by atoms with Gasteiger partial charge in [0.25, 0.3) is 0 Å². The molecule has 0 aromatic heterocycles. The second kappa shape index (κ2) is 6.23. The SMILES string of the molecule is COCCc1ccc(C#CC(C)N)cc1. The maximum Gasteiger partial charge on any atom is 0.0639 e. The molecule has 2 heteroatoms. The van der Waals surface area contributed by atoms with Crippen LogP contribution in [0.15, 0.2) is 24.3 Å². The van der Waals surface area contributed by atoms with E-state index in [0.717, 1.165) is 18.6 Å². The lowest BCUT2D eigenvalue weighted by molar-refractivity contribution is 0.202. The van der Waals surface area contributed by atoms with E-state index in [2.05, 4.69) is 24.0 Å². The number of benzene rings is 1. The third-order valence-corrected chi connectivity index (χ3v) is 1.99. The zero-order valence-electron chi connectivity index (χ0n) is 9.29. The average Bonchev–Trinajstić information content (AvgIpc) is 2.25. The smallest absolute Gasteiger partial charge is 0.0639 e. The van der Waals surface area contributed by atoms with Gasteiger partial charge in [0.1, 0.15) is 0 Å². The van der Waals surface area contributed by atoms with Gasteiger partial charge in [0.05, 0.1) is 12.6 Å². The molecule has 0 saturated heterocycles. The summed E-state index contributed by atoms with van der Waals surface area (Å²) >= 11 is 0. The van der Waals surface area contributed by atoms with Crippen molar-refractivity contribution in [3.8, 4) is 11.8 Å². The molecular weight excluding hydrogens is 186 g/mol. The molecule has 15 heavy (non-hydrogen) atoms. The molecule has 1 rings (SSSR count). The highest BCUT2D eigenvalue weighted by Gasteiger charge is 1.92. The lowest BCUT2D eigenvalue weighted by Crippen LogP contribution is -2.10. The van der Waals surface area contributed by atoms with Crippen molar-refractivity contribution < 1.29 is 4.74 Å². The Hall–Kier alpha value is -1.30. The van der Waals surface area contributed by atoms with Gasteiger partial charge >= 0.3 is 0 Å². The normalized spacial score (nSPS) is 11.7. The van der Waals surface area contributed by atoms with Crippen molar-refractivity contribution in [2.75, 3.05) is 13.7 Å². The summed E-state index contributed by atoms with van der Waals surface area (Å²) in [5.41, 5.74) is 7.82. The number of methoxy groups -OCH3 is 1. The lowest BCUT2D eigenvalue weighted by Gasteiger charge is -1.99. The van der Waals surface area contributed by atoms with E-state index in [1.807, 2.05) is 19.1 Å². The first-order valence-corrected chi connectivity index (χ1v) is 5.07. The van der Waals surface area contributed by atoms with Crippen molar-refractivity contribution in [2.24, 2.45) is 5.73 Å². The van der Waals surface area contributed by atoms with Crippen molar-refractivity contribution in [1.82, 2.24) is 0 Å². The number of nitrogens with two attached hydrogens (primary N) is 1. The molecule has 0 saturated carbocycles. The summed E-state index contributed by atoms with van der Waals surface area (Å²) in [6.07, 6.45) is 0.942. The number of rotatable bonds is 3. The predicted octanol–water partition coefficient (Wildman–Crippen LogP) is 1.57. The summed E-state index contributed by atoms with van der Waals surface area (Å²) in [5.74, 6) is 5.95. The first-order valence-electron chi connectivity index (χ1n) is 5.07. The Bertz CT molecular complexity index is 343. The van der Waals surface area contributed by atoms with Gasteiger partial charge in [-0.2, -0.15) is 0 Å². The fourth-order valence-electron chi connectivity index (χ4n) is 1.17. The molecule has 1 atom stereocenters. The van der Waals surface area contributed by atoms with E-state index in [1.54, 1.807) is 7.11 Å². The predicted molar refractivity (Wildman–Crippen MR) is 62.5 cm³/mol. The molecule has 1 unspecified atom stereocenters. The van der Waals surface area contributed by atoms with E-state index in [4.69, 9.17) is 10.5 Å². The number of hydrogen-bond donors (Lipinski definition) is 1.